The lowest BCUT2D eigenvalue weighted by Crippen LogP contribution is -2.02. The lowest BCUT2D eigenvalue weighted by Gasteiger charge is -2.03. The maximum atomic E-state index is 5.17. The van der Waals surface area contributed by atoms with Gasteiger partial charge in [0.05, 0.1) is 31.6 Å². The van der Waals surface area contributed by atoms with Crippen molar-refractivity contribution in [2.24, 2.45) is 0 Å². The van der Waals surface area contributed by atoms with Crippen LogP contribution >= 0.6 is 11.5 Å². The van der Waals surface area contributed by atoms with Gasteiger partial charge in [0.2, 0.25) is 5.13 Å². The van der Waals surface area contributed by atoms with Crippen LogP contribution in [0.4, 0.5) is 5.13 Å². The van der Waals surface area contributed by atoms with Gasteiger partial charge in [-0.25, -0.2) is 9.67 Å². The molecule has 7 nitrogen and oxygen atoms in total. The molecular formula is C16H19N5O2S. The van der Waals surface area contributed by atoms with Gasteiger partial charge in [-0.05, 0) is 30.3 Å². The molecule has 3 aromatic rings. The molecule has 0 bridgehead atoms. The molecule has 8 heteroatoms. The van der Waals surface area contributed by atoms with Gasteiger partial charge in [-0.15, -0.1) is 0 Å². The van der Waals surface area contributed by atoms with E-state index in [1.54, 1.807) is 14.2 Å². The Morgan fingerprint density at radius 1 is 1.17 bits per heavy atom. The Kier molecular flexibility index (Phi) is 5.39. The molecule has 24 heavy (non-hydrogen) atoms. The van der Waals surface area contributed by atoms with E-state index in [1.165, 1.54) is 11.5 Å². The van der Waals surface area contributed by atoms with Gasteiger partial charge < -0.3 is 14.8 Å². The molecule has 0 aliphatic rings. The van der Waals surface area contributed by atoms with Crippen molar-refractivity contribution in [2.45, 2.75) is 13.0 Å². The Bertz CT molecular complexity index is 769. The second-order valence-corrected chi connectivity index (χ2v) is 5.81. The second-order valence-electron chi connectivity index (χ2n) is 5.06. The summed E-state index contributed by atoms with van der Waals surface area (Å²) < 4.78 is 16.3. The Hall–Kier alpha value is -2.45. The standard InChI is InChI=1S/C16H19N5O2S/c1-22-10-8-15-18-16(24-20-15)17-11-12-7-9-21(19-12)13-3-5-14(23-2)6-4-13/h3-7,9H,8,10-11H2,1-2H3,(H,17,18,20). The quantitative estimate of drug-likeness (QED) is 0.676. The number of ether oxygens (including phenoxy) is 2. The zero-order chi connectivity index (χ0) is 16.8. The molecule has 0 amide bonds. The Balaban J connectivity index is 1.58. The number of hydrogen-bond acceptors (Lipinski definition) is 7. The van der Waals surface area contributed by atoms with Gasteiger partial charge >= 0.3 is 0 Å². The molecule has 2 aromatic heterocycles. The van der Waals surface area contributed by atoms with E-state index in [4.69, 9.17) is 9.47 Å². The van der Waals surface area contributed by atoms with Crippen LogP contribution in [0.15, 0.2) is 36.5 Å². The topological polar surface area (TPSA) is 74.1 Å². The molecule has 0 aliphatic carbocycles. The Morgan fingerprint density at radius 2 is 2.00 bits per heavy atom. The van der Waals surface area contributed by atoms with Crippen molar-refractivity contribution in [3.05, 3.63) is 48.0 Å². The fourth-order valence-electron chi connectivity index (χ4n) is 2.12. The van der Waals surface area contributed by atoms with Crippen LogP contribution in [0.3, 0.4) is 0 Å². The molecular weight excluding hydrogens is 326 g/mol. The highest BCUT2D eigenvalue weighted by Gasteiger charge is 2.06. The number of hydrogen-bond donors (Lipinski definition) is 1. The number of methoxy groups -OCH3 is 2. The van der Waals surface area contributed by atoms with Gasteiger partial charge in [0.15, 0.2) is 0 Å². The highest BCUT2D eigenvalue weighted by molar-refractivity contribution is 7.09. The summed E-state index contributed by atoms with van der Waals surface area (Å²) in [5.74, 6) is 1.63. The van der Waals surface area contributed by atoms with Crippen molar-refractivity contribution >= 4 is 16.7 Å². The summed E-state index contributed by atoms with van der Waals surface area (Å²) in [5.41, 5.74) is 1.92. The van der Waals surface area contributed by atoms with Crippen molar-refractivity contribution in [1.29, 1.82) is 0 Å². The first kappa shape index (κ1) is 16.4. The van der Waals surface area contributed by atoms with Crippen molar-refractivity contribution in [3.8, 4) is 11.4 Å². The SMILES string of the molecule is COCCc1nsc(NCc2ccn(-c3ccc(OC)cc3)n2)n1. The van der Waals surface area contributed by atoms with Crippen LogP contribution in [0.2, 0.25) is 0 Å². The van der Waals surface area contributed by atoms with Crippen molar-refractivity contribution < 1.29 is 9.47 Å². The minimum absolute atomic E-state index is 0.599. The molecule has 2 heterocycles. The maximum Gasteiger partial charge on any atom is 0.202 e. The molecule has 0 saturated heterocycles. The molecule has 3 rings (SSSR count). The van der Waals surface area contributed by atoms with Crippen LogP contribution in [-0.2, 0) is 17.7 Å². The van der Waals surface area contributed by atoms with E-state index in [2.05, 4.69) is 19.8 Å². The monoisotopic (exact) mass is 345 g/mol. The number of aromatic nitrogens is 4. The summed E-state index contributed by atoms with van der Waals surface area (Å²) in [6.45, 7) is 1.23. The minimum Gasteiger partial charge on any atom is -0.497 e. The summed E-state index contributed by atoms with van der Waals surface area (Å²) in [5, 5.41) is 8.60. The first-order valence-electron chi connectivity index (χ1n) is 7.53. The Labute approximate surface area is 144 Å². The smallest absolute Gasteiger partial charge is 0.202 e. The van der Waals surface area contributed by atoms with Gasteiger partial charge in [0.25, 0.3) is 0 Å². The molecule has 0 saturated carbocycles. The van der Waals surface area contributed by atoms with Crippen LogP contribution in [0.5, 0.6) is 5.75 Å². The van der Waals surface area contributed by atoms with E-state index in [9.17, 15) is 0 Å². The second kappa shape index (κ2) is 7.89. The third-order valence-corrected chi connectivity index (χ3v) is 4.11. The fraction of sp³-hybridized carbons (Fsp3) is 0.312. The summed E-state index contributed by atoms with van der Waals surface area (Å²) in [6, 6.07) is 9.74. The van der Waals surface area contributed by atoms with Crippen molar-refractivity contribution in [3.63, 3.8) is 0 Å². The molecule has 0 unspecified atom stereocenters. The van der Waals surface area contributed by atoms with E-state index in [0.717, 1.165) is 34.5 Å². The van der Waals surface area contributed by atoms with Crippen LogP contribution in [0.25, 0.3) is 5.69 Å². The summed E-state index contributed by atoms with van der Waals surface area (Å²) in [4.78, 5) is 4.41. The molecule has 0 atom stereocenters. The molecule has 0 spiro atoms. The first-order valence-corrected chi connectivity index (χ1v) is 8.30. The van der Waals surface area contributed by atoms with Crippen LogP contribution in [0, 0.1) is 0 Å². The lowest BCUT2D eigenvalue weighted by atomic mass is 10.3. The largest absolute Gasteiger partial charge is 0.497 e. The number of nitrogens with one attached hydrogen (secondary N) is 1. The zero-order valence-electron chi connectivity index (χ0n) is 13.6. The Morgan fingerprint density at radius 3 is 2.75 bits per heavy atom. The van der Waals surface area contributed by atoms with Gasteiger partial charge in [-0.1, -0.05) is 0 Å². The van der Waals surface area contributed by atoms with Gasteiger partial charge in [-0.3, -0.25) is 0 Å². The van der Waals surface area contributed by atoms with E-state index >= 15 is 0 Å². The average Bonchev–Trinajstić information content (AvgIpc) is 3.27. The normalized spacial score (nSPS) is 10.8. The van der Waals surface area contributed by atoms with Crippen molar-refractivity contribution in [2.75, 3.05) is 26.1 Å². The van der Waals surface area contributed by atoms with Crippen LogP contribution in [0.1, 0.15) is 11.5 Å². The van der Waals surface area contributed by atoms with Crippen molar-refractivity contribution in [1.82, 2.24) is 19.1 Å². The molecule has 0 fully saturated rings. The predicted molar refractivity (Wildman–Crippen MR) is 92.9 cm³/mol. The average molecular weight is 345 g/mol. The number of rotatable bonds is 8. The molecule has 126 valence electrons. The van der Waals surface area contributed by atoms with Gasteiger partial charge in [0.1, 0.15) is 11.6 Å². The van der Waals surface area contributed by atoms with Gasteiger partial charge in [0, 0.05) is 31.3 Å². The summed E-state index contributed by atoms with van der Waals surface area (Å²) >= 11 is 1.35. The first-order chi connectivity index (χ1) is 11.8. The number of anilines is 1. The third-order valence-electron chi connectivity index (χ3n) is 3.40. The highest BCUT2D eigenvalue weighted by Crippen LogP contribution is 2.16. The fourth-order valence-corrected chi connectivity index (χ4v) is 2.73. The minimum atomic E-state index is 0.599. The maximum absolute atomic E-state index is 5.17. The van der Waals surface area contributed by atoms with E-state index in [1.807, 2.05) is 41.2 Å². The summed E-state index contributed by atoms with van der Waals surface area (Å²) in [7, 11) is 3.32. The lowest BCUT2D eigenvalue weighted by molar-refractivity contribution is 0.201. The van der Waals surface area contributed by atoms with E-state index in [-0.39, 0.29) is 0 Å². The predicted octanol–water partition coefficient (Wildman–Crippen LogP) is 2.53. The third kappa shape index (κ3) is 4.09. The number of nitrogens with zero attached hydrogens (tertiary/aromatic N) is 4. The molecule has 0 radical (unpaired) electrons. The van der Waals surface area contributed by atoms with E-state index < -0.39 is 0 Å². The van der Waals surface area contributed by atoms with Gasteiger partial charge in [-0.2, -0.15) is 9.47 Å². The summed E-state index contributed by atoms with van der Waals surface area (Å²) in [6.07, 6.45) is 2.66. The number of benzene rings is 1. The van der Waals surface area contributed by atoms with Crippen LogP contribution < -0.4 is 10.1 Å². The molecule has 1 aromatic carbocycles. The molecule has 1 N–H and O–H groups in total. The van der Waals surface area contributed by atoms with Crippen LogP contribution in [-0.4, -0.2) is 40.0 Å². The highest BCUT2D eigenvalue weighted by atomic mass is 32.1. The molecule has 0 aliphatic heterocycles. The zero-order valence-corrected chi connectivity index (χ0v) is 14.4. The van der Waals surface area contributed by atoms with E-state index in [0.29, 0.717) is 13.2 Å².